The van der Waals surface area contributed by atoms with E-state index in [4.69, 9.17) is 0 Å². The van der Waals surface area contributed by atoms with E-state index in [9.17, 15) is 27.5 Å². The van der Waals surface area contributed by atoms with Crippen molar-refractivity contribution in [3.05, 3.63) is 59.7 Å². The lowest BCUT2D eigenvalue weighted by Crippen LogP contribution is -2.38. The van der Waals surface area contributed by atoms with E-state index in [1.165, 1.54) is 12.1 Å². The largest absolute Gasteiger partial charge is 0.504 e. The summed E-state index contributed by atoms with van der Waals surface area (Å²) < 4.78 is 52.4. The molecule has 1 aromatic heterocycles. The number of phenolic OH excluding ortho intramolecular Hbond substituents is 1. The lowest BCUT2D eigenvalue weighted by molar-refractivity contribution is -0.156. The number of hydrogen-bond acceptors (Lipinski definition) is 3. The zero-order valence-electron chi connectivity index (χ0n) is 10.9. The van der Waals surface area contributed by atoms with Crippen molar-refractivity contribution in [3.8, 4) is 5.75 Å². The fourth-order valence-electron chi connectivity index (χ4n) is 1.78. The molecule has 0 bridgehead atoms. The molecule has 0 aliphatic carbocycles. The van der Waals surface area contributed by atoms with Gasteiger partial charge in [-0.1, -0.05) is 12.1 Å². The smallest absolute Gasteiger partial charge is 0.414 e. The molecule has 8 heteroatoms. The molecule has 1 aromatic carbocycles. The maximum absolute atomic E-state index is 13.2. The number of rotatable bonds is 3. The Morgan fingerprint density at radius 2 is 1.91 bits per heavy atom. The van der Waals surface area contributed by atoms with E-state index in [1.807, 2.05) is 0 Å². The van der Waals surface area contributed by atoms with Gasteiger partial charge in [0.15, 0.2) is 17.6 Å². The van der Waals surface area contributed by atoms with Crippen LogP contribution in [0.3, 0.4) is 0 Å². The Balaban J connectivity index is 2.32. The van der Waals surface area contributed by atoms with Gasteiger partial charge in [0.1, 0.15) is 0 Å². The number of benzene rings is 1. The van der Waals surface area contributed by atoms with Crippen LogP contribution < -0.4 is 5.32 Å². The minimum absolute atomic E-state index is 0.417. The van der Waals surface area contributed by atoms with E-state index >= 15 is 0 Å². The maximum atomic E-state index is 13.2. The summed E-state index contributed by atoms with van der Waals surface area (Å²) in [5.41, 5.74) is -1.01. The molecule has 2 aromatic rings. The van der Waals surface area contributed by atoms with E-state index in [1.54, 1.807) is 5.32 Å². The summed E-state index contributed by atoms with van der Waals surface area (Å²) in [5, 5.41) is 11.1. The standard InChI is InChI=1S/C14H10F4N2O2/c15-9-5-3-4-8(11(9)21)13(22)20-12(14(16,17)18)10-6-1-2-7-19-10/h1-7,12,21H,(H,20,22). The van der Waals surface area contributed by atoms with Crippen LogP contribution in [0, 0.1) is 5.82 Å². The fourth-order valence-corrected chi connectivity index (χ4v) is 1.78. The van der Waals surface area contributed by atoms with E-state index in [-0.39, 0.29) is 0 Å². The molecule has 0 spiro atoms. The first-order chi connectivity index (χ1) is 10.3. The second kappa shape index (κ2) is 6.00. The van der Waals surface area contributed by atoms with Crippen molar-refractivity contribution in [2.45, 2.75) is 12.2 Å². The second-order valence-corrected chi connectivity index (χ2v) is 4.34. The third-order valence-corrected chi connectivity index (χ3v) is 2.82. The van der Waals surface area contributed by atoms with E-state index in [2.05, 4.69) is 4.98 Å². The maximum Gasteiger partial charge on any atom is 0.414 e. The highest BCUT2D eigenvalue weighted by Gasteiger charge is 2.43. The summed E-state index contributed by atoms with van der Waals surface area (Å²) >= 11 is 0. The van der Waals surface area contributed by atoms with Crippen LogP contribution >= 0.6 is 0 Å². The van der Waals surface area contributed by atoms with Gasteiger partial charge in [0, 0.05) is 6.20 Å². The summed E-state index contributed by atoms with van der Waals surface area (Å²) in [6.45, 7) is 0. The number of pyridine rings is 1. The molecule has 2 rings (SSSR count). The Hall–Kier alpha value is -2.64. The summed E-state index contributed by atoms with van der Waals surface area (Å²) in [7, 11) is 0. The number of nitrogens with one attached hydrogen (secondary N) is 1. The van der Waals surface area contributed by atoms with Crippen LogP contribution in [0.1, 0.15) is 22.1 Å². The van der Waals surface area contributed by atoms with E-state index in [0.29, 0.717) is 0 Å². The number of alkyl halides is 3. The zero-order chi connectivity index (χ0) is 16.3. The van der Waals surface area contributed by atoms with Crippen molar-refractivity contribution < 1.29 is 27.5 Å². The molecule has 0 aliphatic heterocycles. The zero-order valence-corrected chi connectivity index (χ0v) is 10.9. The highest BCUT2D eigenvalue weighted by atomic mass is 19.4. The molecule has 1 heterocycles. The Morgan fingerprint density at radius 1 is 1.18 bits per heavy atom. The van der Waals surface area contributed by atoms with Gasteiger partial charge in [0.25, 0.3) is 5.91 Å². The van der Waals surface area contributed by atoms with Crippen molar-refractivity contribution in [3.63, 3.8) is 0 Å². The number of carbonyl (C=O) groups excluding carboxylic acids is 1. The van der Waals surface area contributed by atoms with Gasteiger partial charge >= 0.3 is 6.18 Å². The van der Waals surface area contributed by atoms with Gasteiger partial charge < -0.3 is 10.4 Å². The number of nitrogens with zero attached hydrogens (tertiary/aromatic N) is 1. The molecule has 4 nitrogen and oxygen atoms in total. The third-order valence-electron chi connectivity index (χ3n) is 2.82. The van der Waals surface area contributed by atoms with Crippen LogP contribution in [0.4, 0.5) is 17.6 Å². The molecular weight excluding hydrogens is 304 g/mol. The van der Waals surface area contributed by atoms with Crippen molar-refractivity contribution in [2.75, 3.05) is 0 Å². The molecule has 116 valence electrons. The summed E-state index contributed by atoms with van der Waals surface area (Å²) in [4.78, 5) is 15.4. The average molecular weight is 314 g/mol. The number of halogens is 4. The first kappa shape index (κ1) is 15.7. The predicted molar refractivity (Wildman–Crippen MR) is 68.6 cm³/mol. The molecule has 1 amide bonds. The van der Waals surface area contributed by atoms with Gasteiger partial charge in [-0.2, -0.15) is 13.2 Å². The number of aromatic nitrogens is 1. The first-order valence-electron chi connectivity index (χ1n) is 6.06. The number of aromatic hydroxyl groups is 1. The molecule has 0 aliphatic rings. The second-order valence-electron chi connectivity index (χ2n) is 4.34. The van der Waals surface area contributed by atoms with Crippen molar-refractivity contribution in [2.24, 2.45) is 0 Å². The quantitative estimate of drug-likeness (QED) is 0.856. The van der Waals surface area contributed by atoms with Crippen LogP contribution in [-0.2, 0) is 0 Å². The summed E-state index contributed by atoms with van der Waals surface area (Å²) in [6, 6.07) is 4.50. The number of amides is 1. The Morgan fingerprint density at radius 3 is 2.50 bits per heavy atom. The number of para-hydroxylation sites is 1. The molecular formula is C14H10F4N2O2. The Labute approximate surface area is 122 Å². The van der Waals surface area contributed by atoms with Gasteiger partial charge in [-0.25, -0.2) is 4.39 Å². The average Bonchev–Trinajstić information content (AvgIpc) is 2.47. The lowest BCUT2D eigenvalue weighted by Gasteiger charge is -2.21. The highest BCUT2D eigenvalue weighted by molar-refractivity contribution is 5.97. The molecule has 1 unspecified atom stereocenters. The Kier molecular flexibility index (Phi) is 4.30. The van der Waals surface area contributed by atoms with Crippen LogP contribution in [0.25, 0.3) is 0 Å². The van der Waals surface area contributed by atoms with Crippen LogP contribution in [0.2, 0.25) is 0 Å². The third kappa shape index (κ3) is 3.33. The van der Waals surface area contributed by atoms with E-state index in [0.717, 1.165) is 30.5 Å². The summed E-state index contributed by atoms with van der Waals surface area (Å²) in [6.07, 6.45) is -3.65. The van der Waals surface area contributed by atoms with Gasteiger partial charge in [0.2, 0.25) is 0 Å². The van der Waals surface area contributed by atoms with Gasteiger partial charge in [-0.3, -0.25) is 9.78 Å². The number of phenols is 1. The SMILES string of the molecule is O=C(NC(c1ccccn1)C(F)(F)F)c1cccc(F)c1O. The molecule has 0 radical (unpaired) electrons. The minimum atomic E-state index is -4.80. The van der Waals surface area contributed by atoms with Crippen molar-refractivity contribution >= 4 is 5.91 Å². The van der Waals surface area contributed by atoms with E-state index < -0.39 is 40.9 Å². The van der Waals surface area contributed by atoms with Gasteiger partial charge in [0.05, 0.1) is 11.3 Å². The lowest BCUT2D eigenvalue weighted by atomic mass is 10.1. The van der Waals surface area contributed by atoms with Crippen molar-refractivity contribution in [1.82, 2.24) is 10.3 Å². The highest BCUT2D eigenvalue weighted by Crippen LogP contribution is 2.32. The monoisotopic (exact) mass is 314 g/mol. The van der Waals surface area contributed by atoms with Gasteiger partial charge in [-0.15, -0.1) is 0 Å². The number of hydrogen-bond donors (Lipinski definition) is 2. The first-order valence-corrected chi connectivity index (χ1v) is 6.06. The number of carbonyl (C=O) groups is 1. The molecule has 0 fully saturated rings. The fraction of sp³-hybridized carbons (Fsp3) is 0.143. The molecule has 0 saturated heterocycles. The van der Waals surface area contributed by atoms with Gasteiger partial charge in [-0.05, 0) is 24.3 Å². The normalized spacial score (nSPS) is 12.7. The summed E-state index contributed by atoms with van der Waals surface area (Å²) in [5.74, 6) is -3.37. The van der Waals surface area contributed by atoms with Crippen LogP contribution in [0.5, 0.6) is 5.75 Å². The predicted octanol–water partition coefficient (Wildman–Crippen LogP) is 2.96. The molecule has 2 N–H and O–H groups in total. The minimum Gasteiger partial charge on any atom is -0.504 e. The van der Waals surface area contributed by atoms with Crippen LogP contribution in [0.15, 0.2) is 42.6 Å². The van der Waals surface area contributed by atoms with Crippen LogP contribution in [-0.4, -0.2) is 22.2 Å². The molecule has 22 heavy (non-hydrogen) atoms. The Bertz CT molecular complexity index is 674. The molecule has 1 atom stereocenters. The molecule has 0 saturated carbocycles. The van der Waals surface area contributed by atoms with Crippen molar-refractivity contribution in [1.29, 1.82) is 0 Å². The topological polar surface area (TPSA) is 62.2 Å².